The predicted octanol–water partition coefficient (Wildman–Crippen LogP) is 2.12. The van der Waals surface area contributed by atoms with Crippen molar-refractivity contribution in [2.45, 2.75) is 23.6 Å². The maximum absolute atomic E-state index is 13.0. The van der Waals surface area contributed by atoms with E-state index in [9.17, 15) is 18.0 Å². The van der Waals surface area contributed by atoms with Crippen LogP contribution in [0.15, 0.2) is 52.3 Å². The van der Waals surface area contributed by atoms with Crippen LogP contribution < -0.4 is 5.73 Å². The number of amides is 1. The Morgan fingerprint density at radius 3 is 2.37 bits per heavy atom. The van der Waals surface area contributed by atoms with Gasteiger partial charge in [-0.1, -0.05) is 26.0 Å². The van der Waals surface area contributed by atoms with Gasteiger partial charge in [-0.25, -0.2) is 8.42 Å². The van der Waals surface area contributed by atoms with E-state index >= 15 is 0 Å². The predicted molar refractivity (Wildman–Crippen MR) is 102 cm³/mol. The third-order valence-electron chi connectivity index (χ3n) is 4.75. The van der Waals surface area contributed by atoms with Gasteiger partial charge in [-0.15, -0.1) is 0 Å². The Balaban J connectivity index is 2.04. The highest BCUT2D eigenvalue weighted by Gasteiger charge is 2.35. The zero-order valence-corrected chi connectivity index (χ0v) is 16.3. The van der Waals surface area contributed by atoms with Gasteiger partial charge in [0.15, 0.2) is 5.78 Å². The molecule has 7 heteroatoms. The maximum Gasteiger partial charge on any atom is 0.253 e. The molecule has 2 N–H and O–H groups in total. The highest BCUT2D eigenvalue weighted by molar-refractivity contribution is 7.91. The molecule has 2 aromatic rings. The fourth-order valence-electron chi connectivity index (χ4n) is 3.22. The van der Waals surface area contributed by atoms with Crippen molar-refractivity contribution in [3.05, 3.63) is 59.2 Å². The minimum Gasteiger partial charge on any atom is -0.341 e. The molecule has 1 aliphatic rings. The third kappa shape index (κ3) is 3.28. The lowest BCUT2D eigenvalue weighted by molar-refractivity contribution is 0.0740. The zero-order valence-electron chi connectivity index (χ0n) is 15.5. The first-order valence-electron chi connectivity index (χ1n) is 8.57. The molecule has 6 nitrogen and oxygen atoms in total. The maximum atomic E-state index is 13.0. The highest BCUT2D eigenvalue weighted by atomic mass is 32.2. The lowest BCUT2D eigenvalue weighted by Crippen LogP contribution is -2.39. The van der Waals surface area contributed by atoms with E-state index in [1.54, 1.807) is 19.2 Å². The molecular formula is C20H22N2O4S. The summed E-state index contributed by atoms with van der Waals surface area (Å²) in [4.78, 5) is 26.8. The number of benzene rings is 2. The summed E-state index contributed by atoms with van der Waals surface area (Å²) >= 11 is 0. The topological polar surface area (TPSA) is 97.5 Å². The van der Waals surface area contributed by atoms with Crippen LogP contribution >= 0.6 is 0 Å². The molecule has 142 valence electrons. The molecule has 0 saturated heterocycles. The van der Waals surface area contributed by atoms with Crippen LogP contribution in [0.1, 0.15) is 40.1 Å². The summed E-state index contributed by atoms with van der Waals surface area (Å²) in [6, 6.07) is 10.3. The van der Waals surface area contributed by atoms with Gasteiger partial charge in [0.1, 0.15) is 0 Å². The second-order valence-corrected chi connectivity index (χ2v) is 9.46. The lowest BCUT2D eigenvalue weighted by atomic mass is 9.93. The molecule has 1 heterocycles. The molecule has 1 aliphatic heterocycles. The van der Waals surface area contributed by atoms with Crippen LogP contribution in [-0.2, 0) is 9.84 Å². The van der Waals surface area contributed by atoms with E-state index < -0.39 is 9.84 Å². The normalized spacial score (nSPS) is 15.0. The lowest BCUT2D eigenvalue weighted by Gasteiger charge is -2.29. The summed E-state index contributed by atoms with van der Waals surface area (Å²) in [7, 11) is -2.22. The summed E-state index contributed by atoms with van der Waals surface area (Å²) in [5, 5.41) is 0. The Morgan fingerprint density at radius 2 is 1.70 bits per heavy atom. The summed E-state index contributed by atoms with van der Waals surface area (Å²) in [5.74, 6) is -0.673. The SMILES string of the molecule is CN(CC(C)(C)CN)C(=O)c1ccc2c(c1)S(=O)(=O)c1ccccc1C2=O. The Labute approximate surface area is 158 Å². The molecule has 3 rings (SSSR count). The van der Waals surface area contributed by atoms with Crippen molar-refractivity contribution in [3.8, 4) is 0 Å². The number of nitrogens with zero attached hydrogens (tertiary/aromatic N) is 1. The van der Waals surface area contributed by atoms with E-state index in [1.807, 2.05) is 13.8 Å². The number of rotatable bonds is 4. The number of sulfone groups is 1. The van der Waals surface area contributed by atoms with Crippen LogP contribution in [0, 0.1) is 5.41 Å². The largest absolute Gasteiger partial charge is 0.341 e. The molecule has 0 aliphatic carbocycles. The van der Waals surface area contributed by atoms with Gasteiger partial charge in [0.2, 0.25) is 9.84 Å². The second kappa shape index (κ2) is 6.58. The summed E-state index contributed by atoms with van der Waals surface area (Å²) < 4.78 is 25.9. The molecule has 0 radical (unpaired) electrons. The fourth-order valence-corrected chi connectivity index (χ4v) is 4.89. The van der Waals surface area contributed by atoms with Crippen LogP contribution in [0.3, 0.4) is 0 Å². The monoisotopic (exact) mass is 386 g/mol. The first kappa shape index (κ1) is 19.3. The third-order valence-corrected chi connectivity index (χ3v) is 6.60. The average Bonchev–Trinajstić information content (AvgIpc) is 2.65. The molecule has 27 heavy (non-hydrogen) atoms. The minimum atomic E-state index is -3.87. The zero-order chi connectivity index (χ0) is 20.0. The molecule has 0 fully saturated rings. The van der Waals surface area contributed by atoms with Crippen LogP contribution in [-0.4, -0.2) is 45.1 Å². The quantitative estimate of drug-likeness (QED) is 0.741. The van der Waals surface area contributed by atoms with Gasteiger partial charge in [0, 0.05) is 30.3 Å². The fraction of sp³-hybridized carbons (Fsp3) is 0.300. The van der Waals surface area contributed by atoms with Crippen molar-refractivity contribution in [2.24, 2.45) is 11.1 Å². The average molecular weight is 386 g/mol. The first-order valence-corrected chi connectivity index (χ1v) is 10.1. The van der Waals surface area contributed by atoms with Crippen LogP contribution in [0.5, 0.6) is 0 Å². The van der Waals surface area contributed by atoms with Crippen molar-refractivity contribution >= 4 is 21.5 Å². The molecule has 0 saturated carbocycles. The summed E-state index contributed by atoms with van der Waals surface area (Å²) in [5.41, 5.74) is 5.93. The van der Waals surface area contributed by atoms with E-state index in [2.05, 4.69) is 0 Å². The van der Waals surface area contributed by atoms with E-state index in [1.165, 1.54) is 35.2 Å². The summed E-state index contributed by atoms with van der Waals surface area (Å²) in [6.45, 7) is 4.73. The Bertz CT molecular complexity index is 1040. The number of hydrogen-bond donors (Lipinski definition) is 1. The van der Waals surface area contributed by atoms with E-state index in [4.69, 9.17) is 5.73 Å². The standard InChI is InChI=1S/C20H22N2O4S/c1-20(2,11-21)12-22(3)19(24)13-8-9-15-17(10-13)27(25,26)16-7-5-4-6-14(16)18(15)23/h4-10H,11-12,21H2,1-3H3. The number of hydrogen-bond acceptors (Lipinski definition) is 5. The molecule has 2 aromatic carbocycles. The van der Waals surface area contributed by atoms with Gasteiger partial charge in [-0.2, -0.15) is 0 Å². The molecule has 0 bridgehead atoms. The van der Waals surface area contributed by atoms with E-state index in [0.29, 0.717) is 13.1 Å². The van der Waals surface area contributed by atoms with Crippen LogP contribution in [0.4, 0.5) is 0 Å². The highest BCUT2D eigenvalue weighted by Crippen LogP contribution is 2.35. The second-order valence-electron chi connectivity index (χ2n) is 7.57. The Hall–Kier alpha value is -2.51. The molecule has 1 amide bonds. The number of carbonyl (C=O) groups excluding carboxylic acids is 2. The molecule has 0 atom stereocenters. The van der Waals surface area contributed by atoms with Gasteiger partial charge in [0.25, 0.3) is 5.91 Å². The molecule has 0 unspecified atom stereocenters. The van der Waals surface area contributed by atoms with Crippen LogP contribution in [0.2, 0.25) is 0 Å². The number of nitrogens with two attached hydrogens (primary N) is 1. The van der Waals surface area contributed by atoms with Crippen LogP contribution in [0.25, 0.3) is 0 Å². The molecule has 0 aromatic heterocycles. The Morgan fingerprint density at radius 1 is 1.07 bits per heavy atom. The van der Waals surface area contributed by atoms with Gasteiger partial charge in [-0.3, -0.25) is 9.59 Å². The molecule has 0 spiro atoms. The number of ketones is 1. The van der Waals surface area contributed by atoms with Gasteiger partial charge in [0.05, 0.1) is 9.79 Å². The smallest absolute Gasteiger partial charge is 0.253 e. The first-order chi connectivity index (χ1) is 12.6. The van der Waals surface area contributed by atoms with Crippen molar-refractivity contribution in [1.82, 2.24) is 4.90 Å². The van der Waals surface area contributed by atoms with E-state index in [0.717, 1.165) is 0 Å². The molecular weight excluding hydrogens is 364 g/mol. The van der Waals surface area contributed by atoms with Gasteiger partial charge in [-0.05, 0) is 42.3 Å². The van der Waals surface area contributed by atoms with Crippen molar-refractivity contribution in [3.63, 3.8) is 0 Å². The Kier molecular flexibility index (Phi) is 4.69. The van der Waals surface area contributed by atoms with Gasteiger partial charge >= 0.3 is 0 Å². The van der Waals surface area contributed by atoms with Gasteiger partial charge < -0.3 is 10.6 Å². The number of fused-ring (bicyclic) bond motifs is 2. The van der Waals surface area contributed by atoms with Crippen molar-refractivity contribution in [1.29, 1.82) is 0 Å². The summed E-state index contributed by atoms with van der Waals surface area (Å²) in [6.07, 6.45) is 0. The minimum absolute atomic E-state index is 0.0234. The van der Waals surface area contributed by atoms with Crippen molar-refractivity contribution in [2.75, 3.05) is 20.1 Å². The van der Waals surface area contributed by atoms with Crippen molar-refractivity contribution < 1.29 is 18.0 Å². The number of carbonyl (C=O) groups is 2. The van der Waals surface area contributed by atoms with E-state index in [-0.39, 0.29) is 43.6 Å².